The van der Waals surface area contributed by atoms with Crippen LogP contribution in [0.1, 0.15) is 16.4 Å². The highest BCUT2D eigenvalue weighted by Crippen LogP contribution is 2.18. The van der Waals surface area contributed by atoms with Crippen LogP contribution in [0, 0.1) is 0 Å². The Hall–Kier alpha value is -2.35. The van der Waals surface area contributed by atoms with Crippen molar-refractivity contribution in [3.63, 3.8) is 0 Å². The van der Waals surface area contributed by atoms with E-state index in [1.54, 1.807) is 12.1 Å². The van der Waals surface area contributed by atoms with Crippen molar-refractivity contribution in [3.8, 4) is 5.75 Å². The van der Waals surface area contributed by atoms with Gasteiger partial charge in [0.25, 0.3) is 0 Å². The molecule has 1 heterocycles. The van der Waals surface area contributed by atoms with Crippen LogP contribution in [0.5, 0.6) is 5.75 Å². The first-order chi connectivity index (χ1) is 9.36. The molecule has 0 aliphatic carbocycles. The Labute approximate surface area is 114 Å². The second-order valence-electron chi connectivity index (χ2n) is 3.97. The molecule has 2 rings (SSSR count). The van der Waals surface area contributed by atoms with Gasteiger partial charge in [-0.05, 0) is 18.2 Å². The summed E-state index contributed by atoms with van der Waals surface area (Å²) in [5.74, 6) is -0.783. The highest BCUT2D eigenvalue weighted by molar-refractivity contribution is 7.90. The average Bonchev–Trinajstić information content (AvgIpc) is 2.85. The summed E-state index contributed by atoms with van der Waals surface area (Å²) >= 11 is 0. The van der Waals surface area contributed by atoms with Gasteiger partial charge in [-0.3, -0.25) is 0 Å². The van der Waals surface area contributed by atoms with Crippen molar-refractivity contribution in [2.24, 2.45) is 0 Å². The Bertz CT molecular complexity index is 734. The van der Waals surface area contributed by atoms with Crippen LogP contribution >= 0.6 is 0 Å². The molecule has 0 saturated heterocycles. The van der Waals surface area contributed by atoms with Gasteiger partial charge in [-0.25, -0.2) is 18.2 Å². The predicted octanol–water partition coefficient (Wildman–Crippen LogP) is 1.36. The van der Waals surface area contributed by atoms with Gasteiger partial charge in [0.2, 0.25) is 5.89 Å². The molecule has 0 fully saturated rings. The number of aromatic carboxylic acids is 1. The number of rotatable bonds is 5. The van der Waals surface area contributed by atoms with E-state index in [1.165, 1.54) is 12.1 Å². The number of oxazole rings is 1. The lowest BCUT2D eigenvalue weighted by molar-refractivity contribution is 0.0690. The fraction of sp³-hybridized carbons (Fsp3) is 0.167. The Balaban J connectivity index is 2.09. The van der Waals surface area contributed by atoms with Crippen molar-refractivity contribution < 1.29 is 27.5 Å². The molecule has 0 unspecified atom stereocenters. The highest BCUT2D eigenvalue weighted by atomic mass is 32.2. The molecular weight excluding hydrogens is 286 g/mol. The smallest absolute Gasteiger partial charge is 0.357 e. The summed E-state index contributed by atoms with van der Waals surface area (Å²) in [6.07, 6.45) is 2.10. The Morgan fingerprint density at radius 1 is 1.45 bits per heavy atom. The van der Waals surface area contributed by atoms with Gasteiger partial charge in [-0.15, -0.1) is 0 Å². The first-order valence-electron chi connectivity index (χ1n) is 5.47. The third-order valence-corrected chi connectivity index (χ3v) is 3.48. The number of carbonyl (C=O) groups is 1. The number of benzene rings is 1. The molecule has 8 heteroatoms. The second kappa shape index (κ2) is 5.33. The molecule has 2 aromatic rings. The van der Waals surface area contributed by atoms with Gasteiger partial charge < -0.3 is 14.3 Å². The van der Waals surface area contributed by atoms with Gasteiger partial charge in [-0.2, -0.15) is 0 Å². The fourth-order valence-corrected chi connectivity index (χ4v) is 2.07. The molecule has 0 spiro atoms. The molecule has 0 aliphatic rings. The normalized spacial score (nSPS) is 11.2. The maximum Gasteiger partial charge on any atom is 0.357 e. The number of carboxylic acids is 1. The lowest BCUT2D eigenvalue weighted by atomic mass is 10.3. The molecule has 1 aromatic heterocycles. The lowest BCUT2D eigenvalue weighted by Crippen LogP contribution is -2.01. The molecule has 1 aromatic carbocycles. The zero-order valence-electron chi connectivity index (χ0n) is 10.4. The van der Waals surface area contributed by atoms with Gasteiger partial charge in [0.15, 0.2) is 22.1 Å². The van der Waals surface area contributed by atoms with Crippen molar-refractivity contribution in [1.82, 2.24) is 4.98 Å². The molecule has 0 aliphatic heterocycles. The van der Waals surface area contributed by atoms with Gasteiger partial charge >= 0.3 is 5.97 Å². The maximum absolute atomic E-state index is 11.4. The minimum Gasteiger partial charge on any atom is -0.484 e. The molecule has 0 radical (unpaired) electrons. The van der Waals surface area contributed by atoms with Crippen LogP contribution < -0.4 is 4.74 Å². The number of sulfone groups is 1. The van der Waals surface area contributed by atoms with Crippen molar-refractivity contribution in [2.45, 2.75) is 11.5 Å². The molecule has 1 N–H and O–H groups in total. The summed E-state index contributed by atoms with van der Waals surface area (Å²) in [5, 5.41) is 8.68. The van der Waals surface area contributed by atoms with Crippen LogP contribution in [0.2, 0.25) is 0 Å². The largest absolute Gasteiger partial charge is 0.484 e. The van der Waals surface area contributed by atoms with E-state index in [0.717, 1.165) is 12.5 Å². The van der Waals surface area contributed by atoms with E-state index in [4.69, 9.17) is 14.3 Å². The van der Waals surface area contributed by atoms with E-state index < -0.39 is 15.8 Å². The third-order valence-electron chi connectivity index (χ3n) is 2.37. The number of hydrogen-bond acceptors (Lipinski definition) is 6. The number of hydrogen-bond donors (Lipinski definition) is 1. The minimum absolute atomic E-state index is 0.0900. The summed E-state index contributed by atoms with van der Waals surface area (Å²) in [6.45, 7) is -0.0967. The molecule has 7 nitrogen and oxygen atoms in total. The molecule has 0 amide bonds. The highest BCUT2D eigenvalue weighted by Gasteiger charge is 2.11. The average molecular weight is 297 g/mol. The molecule has 0 bridgehead atoms. The Kier molecular flexibility index (Phi) is 3.75. The topological polar surface area (TPSA) is 107 Å². The minimum atomic E-state index is -3.31. The quantitative estimate of drug-likeness (QED) is 0.887. The van der Waals surface area contributed by atoms with E-state index in [-0.39, 0.29) is 23.1 Å². The number of ether oxygens (including phenoxy) is 1. The zero-order chi connectivity index (χ0) is 14.8. The summed E-state index contributed by atoms with van der Waals surface area (Å²) in [5.41, 5.74) is -0.214. The standard InChI is InChI=1S/C12H11NO6S/c1-20(16,17)9-4-2-3-8(5-9)18-7-11-13-10(6-19-11)12(14)15/h2-6H,7H2,1H3,(H,14,15). The van der Waals surface area contributed by atoms with E-state index in [9.17, 15) is 13.2 Å². The Morgan fingerprint density at radius 3 is 2.80 bits per heavy atom. The fourth-order valence-electron chi connectivity index (χ4n) is 1.42. The van der Waals surface area contributed by atoms with Gasteiger partial charge in [0, 0.05) is 6.26 Å². The summed E-state index contributed by atoms with van der Waals surface area (Å²) < 4.78 is 33.0. The number of aromatic nitrogens is 1. The van der Waals surface area contributed by atoms with E-state index >= 15 is 0 Å². The monoisotopic (exact) mass is 297 g/mol. The maximum atomic E-state index is 11.4. The van der Waals surface area contributed by atoms with Gasteiger partial charge in [0.05, 0.1) is 4.90 Å². The Morgan fingerprint density at radius 2 is 2.20 bits per heavy atom. The van der Waals surface area contributed by atoms with Crippen molar-refractivity contribution >= 4 is 15.8 Å². The van der Waals surface area contributed by atoms with Crippen LogP contribution in [0.15, 0.2) is 39.8 Å². The third kappa shape index (κ3) is 3.35. The SMILES string of the molecule is CS(=O)(=O)c1cccc(OCc2nc(C(=O)O)co2)c1. The van der Waals surface area contributed by atoms with Crippen LogP contribution in [0.3, 0.4) is 0 Å². The first kappa shape index (κ1) is 14.1. The van der Waals surface area contributed by atoms with Crippen LogP contribution in [-0.4, -0.2) is 30.7 Å². The molecule has 0 saturated carbocycles. The van der Waals surface area contributed by atoms with Crippen LogP contribution in [0.4, 0.5) is 0 Å². The van der Waals surface area contributed by atoms with Crippen molar-refractivity contribution in [3.05, 3.63) is 42.1 Å². The zero-order valence-corrected chi connectivity index (χ0v) is 11.3. The molecule has 20 heavy (non-hydrogen) atoms. The van der Waals surface area contributed by atoms with E-state index in [0.29, 0.717) is 5.75 Å². The first-order valence-corrected chi connectivity index (χ1v) is 7.36. The molecule has 0 atom stereocenters. The van der Waals surface area contributed by atoms with Gasteiger partial charge in [0.1, 0.15) is 12.0 Å². The number of nitrogens with zero attached hydrogens (tertiary/aromatic N) is 1. The van der Waals surface area contributed by atoms with Crippen molar-refractivity contribution in [2.75, 3.05) is 6.26 Å². The van der Waals surface area contributed by atoms with Crippen molar-refractivity contribution in [1.29, 1.82) is 0 Å². The predicted molar refractivity (Wildman–Crippen MR) is 67.3 cm³/mol. The van der Waals surface area contributed by atoms with Crippen LogP contribution in [0.25, 0.3) is 0 Å². The second-order valence-corrected chi connectivity index (χ2v) is 5.98. The summed E-state index contributed by atoms with van der Waals surface area (Å²) in [7, 11) is -3.31. The van der Waals surface area contributed by atoms with Crippen LogP contribution in [-0.2, 0) is 16.4 Å². The molecular formula is C12H11NO6S. The van der Waals surface area contributed by atoms with E-state index in [1.807, 2.05) is 0 Å². The summed E-state index contributed by atoms with van der Waals surface area (Å²) in [4.78, 5) is 14.4. The lowest BCUT2D eigenvalue weighted by Gasteiger charge is -2.05. The van der Waals surface area contributed by atoms with E-state index in [2.05, 4.69) is 4.98 Å². The summed E-state index contributed by atoms with van der Waals surface area (Å²) in [6, 6.07) is 5.95. The number of carboxylic acid groups (broad SMARTS) is 1. The van der Waals surface area contributed by atoms with Gasteiger partial charge in [-0.1, -0.05) is 6.07 Å². The molecule has 106 valence electrons.